The highest BCUT2D eigenvalue weighted by molar-refractivity contribution is 5.55. The van der Waals surface area contributed by atoms with Crippen LogP contribution in [0.1, 0.15) is 33.6 Å². The van der Waals surface area contributed by atoms with Crippen LogP contribution in [0.15, 0.2) is 0 Å². The van der Waals surface area contributed by atoms with Crippen molar-refractivity contribution >= 4 is 6.29 Å². The quantitative estimate of drug-likeness (QED) is 0.547. The lowest BCUT2D eigenvalue weighted by atomic mass is 9.44. The molecule has 0 radical (unpaired) electrons. The van der Waals surface area contributed by atoms with E-state index >= 15 is 0 Å². The van der Waals surface area contributed by atoms with Crippen molar-refractivity contribution in [1.29, 1.82) is 0 Å². The van der Waals surface area contributed by atoms with Gasteiger partial charge in [0.15, 0.2) is 0 Å². The van der Waals surface area contributed by atoms with Gasteiger partial charge < -0.3 is 4.79 Å². The van der Waals surface area contributed by atoms with Crippen LogP contribution < -0.4 is 0 Å². The summed E-state index contributed by atoms with van der Waals surface area (Å²) >= 11 is 0. The van der Waals surface area contributed by atoms with Gasteiger partial charge in [0, 0.05) is 5.92 Å². The Hall–Kier alpha value is -0.330. The Morgan fingerprint density at radius 2 is 2.00 bits per heavy atom. The molecule has 3 aliphatic rings. The van der Waals surface area contributed by atoms with E-state index in [4.69, 9.17) is 0 Å². The molecule has 4 atom stereocenters. The summed E-state index contributed by atoms with van der Waals surface area (Å²) in [5.74, 6) is 2.63. The van der Waals surface area contributed by atoms with Crippen molar-refractivity contribution in [3.05, 3.63) is 0 Å². The van der Waals surface area contributed by atoms with Crippen LogP contribution in [0, 0.1) is 29.1 Å². The van der Waals surface area contributed by atoms with Gasteiger partial charge in [-0.2, -0.15) is 0 Å². The highest BCUT2D eigenvalue weighted by Gasteiger charge is 2.55. The SMILES string of the molecule is CC1C(C=O)C[C@H]2C[C@@H]1C2(C)C. The molecule has 1 nitrogen and oxygen atoms in total. The van der Waals surface area contributed by atoms with E-state index in [1.54, 1.807) is 0 Å². The van der Waals surface area contributed by atoms with E-state index in [0.717, 1.165) is 18.3 Å². The van der Waals surface area contributed by atoms with E-state index in [1.165, 1.54) is 12.7 Å². The number of fused-ring (bicyclic) bond motifs is 2. The third kappa shape index (κ3) is 0.826. The van der Waals surface area contributed by atoms with Gasteiger partial charge in [0.05, 0.1) is 0 Å². The number of carbonyl (C=O) groups is 1. The number of aldehydes is 1. The third-order valence-corrected chi connectivity index (χ3v) is 4.59. The molecule has 1 heteroatoms. The molecule has 0 aromatic heterocycles. The topological polar surface area (TPSA) is 17.1 Å². The number of hydrogen-bond acceptors (Lipinski definition) is 1. The first kappa shape index (κ1) is 8.28. The Morgan fingerprint density at radius 3 is 2.42 bits per heavy atom. The Balaban J connectivity index is 2.16. The first-order valence-corrected chi connectivity index (χ1v) is 5.02. The van der Waals surface area contributed by atoms with E-state index in [0.29, 0.717) is 17.3 Å². The minimum Gasteiger partial charge on any atom is -0.303 e. The molecule has 3 saturated carbocycles. The van der Waals surface area contributed by atoms with Crippen molar-refractivity contribution in [1.82, 2.24) is 0 Å². The maximum atomic E-state index is 10.7. The lowest BCUT2D eigenvalue weighted by molar-refractivity contribution is -0.142. The monoisotopic (exact) mass is 166 g/mol. The molecule has 3 rings (SSSR count). The molecule has 0 aliphatic heterocycles. The maximum absolute atomic E-state index is 10.7. The summed E-state index contributed by atoms with van der Waals surface area (Å²) < 4.78 is 0. The summed E-state index contributed by atoms with van der Waals surface area (Å²) in [6.07, 6.45) is 3.70. The van der Waals surface area contributed by atoms with Crippen molar-refractivity contribution in [2.24, 2.45) is 29.1 Å². The second-order valence-corrected chi connectivity index (χ2v) is 5.26. The average Bonchev–Trinajstić information content (AvgIpc) is 2.03. The second-order valence-electron chi connectivity index (χ2n) is 5.26. The summed E-state index contributed by atoms with van der Waals surface area (Å²) in [4.78, 5) is 10.7. The van der Waals surface area contributed by atoms with Gasteiger partial charge in [0.2, 0.25) is 0 Å². The molecule has 0 amide bonds. The van der Waals surface area contributed by atoms with Crippen LogP contribution in [0.5, 0.6) is 0 Å². The molecular formula is C11H18O. The van der Waals surface area contributed by atoms with Crippen LogP contribution in [0.25, 0.3) is 0 Å². The van der Waals surface area contributed by atoms with Crippen LogP contribution in [0.2, 0.25) is 0 Å². The van der Waals surface area contributed by atoms with Crippen LogP contribution >= 0.6 is 0 Å². The lowest BCUT2D eigenvalue weighted by Gasteiger charge is -2.61. The molecule has 3 aliphatic carbocycles. The van der Waals surface area contributed by atoms with E-state index in [9.17, 15) is 4.79 Å². The highest BCUT2D eigenvalue weighted by Crippen LogP contribution is 2.62. The molecule has 3 fully saturated rings. The molecular weight excluding hydrogens is 148 g/mol. The Labute approximate surface area is 74.5 Å². The van der Waals surface area contributed by atoms with E-state index < -0.39 is 0 Å². The van der Waals surface area contributed by atoms with Crippen LogP contribution in [0.4, 0.5) is 0 Å². The molecule has 0 aromatic rings. The fourth-order valence-electron chi connectivity index (χ4n) is 3.37. The summed E-state index contributed by atoms with van der Waals surface area (Å²) in [7, 11) is 0. The standard InChI is InChI=1S/C11H18O/c1-7-8(6-12)4-9-5-10(7)11(9,2)3/h6-10H,4-5H2,1-3H3/t7?,8?,9-,10-/m0/s1. The zero-order valence-corrected chi connectivity index (χ0v) is 8.21. The van der Waals surface area contributed by atoms with Crippen molar-refractivity contribution < 1.29 is 4.79 Å². The number of rotatable bonds is 1. The second kappa shape index (κ2) is 2.34. The van der Waals surface area contributed by atoms with Crippen LogP contribution in [-0.2, 0) is 4.79 Å². The minimum absolute atomic E-state index is 0.363. The van der Waals surface area contributed by atoms with Crippen molar-refractivity contribution in [3.8, 4) is 0 Å². The Bertz CT molecular complexity index is 207. The van der Waals surface area contributed by atoms with Gasteiger partial charge in [-0.25, -0.2) is 0 Å². The normalized spacial score (nSPS) is 49.6. The molecule has 0 heterocycles. The molecule has 0 N–H and O–H groups in total. The maximum Gasteiger partial charge on any atom is 0.123 e. The zero-order valence-electron chi connectivity index (χ0n) is 8.21. The van der Waals surface area contributed by atoms with Crippen LogP contribution in [0.3, 0.4) is 0 Å². The summed E-state index contributed by atoms with van der Waals surface area (Å²) in [5.41, 5.74) is 0.527. The van der Waals surface area contributed by atoms with Gasteiger partial charge in [0.1, 0.15) is 6.29 Å². The minimum atomic E-state index is 0.363. The summed E-state index contributed by atoms with van der Waals surface area (Å²) in [6.45, 7) is 6.98. The Morgan fingerprint density at radius 1 is 1.33 bits per heavy atom. The smallest absolute Gasteiger partial charge is 0.123 e. The lowest BCUT2D eigenvalue weighted by Crippen LogP contribution is -2.55. The molecule has 68 valence electrons. The van der Waals surface area contributed by atoms with Gasteiger partial charge in [-0.3, -0.25) is 0 Å². The predicted molar refractivity (Wildman–Crippen MR) is 48.7 cm³/mol. The van der Waals surface area contributed by atoms with Gasteiger partial charge in [-0.1, -0.05) is 20.8 Å². The fourth-order valence-corrected chi connectivity index (χ4v) is 3.37. The Kier molecular flexibility index (Phi) is 1.61. The van der Waals surface area contributed by atoms with Gasteiger partial charge in [-0.05, 0) is 36.0 Å². The molecule has 0 spiro atoms. The van der Waals surface area contributed by atoms with E-state index in [2.05, 4.69) is 20.8 Å². The van der Waals surface area contributed by atoms with Crippen molar-refractivity contribution in [2.45, 2.75) is 33.6 Å². The summed E-state index contributed by atoms with van der Waals surface area (Å²) in [5, 5.41) is 0. The number of hydrogen-bond donors (Lipinski definition) is 0. The van der Waals surface area contributed by atoms with Gasteiger partial charge >= 0.3 is 0 Å². The average molecular weight is 166 g/mol. The van der Waals surface area contributed by atoms with E-state index in [1.807, 2.05) is 0 Å². The molecule has 2 unspecified atom stereocenters. The first-order valence-electron chi connectivity index (χ1n) is 5.02. The molecule has 0 saturated heterocycles. The predicted octanol–water partition coefficient (Wildman–Crippen LogP) is 2.50. The third-order valence-electron chi connectivity index (χ3n) is 4.59. The van der Waals surface area contributed by atoms with Crippen LogP contribution in [-0.4, -0.2) is 6.29 Å². The molecule has 12 heavy (non-hydrogen) atoms. The van der Waals surface area contributed by atoms with Crippen molar-refractivity contribution in [3.63, 3.8) is 0 Å². The van der Waals surface area contributed by atoms with Crippen molar-refractivity contribution in [2.75, 3.05) is 0 Å². The molecule has 2 bridgehead atoms. The van der Waals surface area contributed by atoms with E-state index in [-0.39, 0.29) is 0 Å². The molecule has 0 aromatic carbocycles. The fraction of sp³-hybridized carbons (Fsp3) is 0.909. The van der Waals surface area contributed by atoms with Gasteiger partial charge in [0.25, 0.3) is 0 Å². The largest absolute Gasteiger partial charge is 0.303 e. The summed E-state index contributed by atoms with van der Waals surface area (Å²) in [6, 6.07) is 0. The first-order chi connectivity index (χ1) is 5.57. The van der Waals surface area contributed by atoms with Gasteiger partial charge in [-0.15, -0.1) is 0 Å². The highest BCUT2D eigenvalue weighted by atomic mass is 16.1. The zero-order chi connectivity index (χ0) is 8.93. The number of carbonyl (C=O) groups excluding carboxylic acids is 1.